The second-order valence-electron chi connectivity index (χ2n) is 5.23. The van der Waals surface area contributed by atoms with Crippen LogP contribution in [0.2, 0.25) is 0 Å². The van der Waals surface area contributed by atoms with Crippen molar-refractivity contribution in [1.29, 1.82) is 0 Å². The molecule has 20 heavy (non-hydrogen) atoms. The number of fused-ring (bicyclic) bond motifs is 1. The van der Waals surface area contributed by atoms with Crippen molar-refractivity contribution < 1.29 is 4.79 Å². The summed E-state index contributed by atoms with van der Waals surface area (Å²) in [5.41, 5.74) is 5.50. The Morgan fingerprint density at radius 3 is 2.60 bits per heavy atom. The highest BCUT2D eigenvalue weighted by Gasteiger charge is 2.23. The number of carbonyl (C=O) groups is 1. The molecule has 0 bridgehead atoms. The first-order chi connectivity index (χ1) is 9.66. The number of nitrogens with one attached hydrogen (secondary N) is 1. The van der Waals surface area contributed by atoms with E-state index < -0.39 is 0 Å². The van der Waals surface area contributed by atoms with Crippen LogP contribution in [-0.4, -0.2) is 12.5 Å². The van der Waals surface area contributed by atoms with Crippen molar-refractivity contribution in [2.24, 2.45) is 0 Å². The van der Waals surface area contributed by atoms with Gasteiger partial charge in [0.25, 0.3) is 0 Å². The molecular weight excluding hydrogens is 248 g/mol. The number of amides is 1. The number of hydrogen-bond acceptors (Lipinski definition) is 2. The third-order valence-electron chi connectivity index (χ3n) is 3.82. The summed E-state index contributed by atoms with van der Waals surface area (Å²) in [5.74, 6) is 0.0817. The van der Waals surface area contributed by atoms with Gasteiger partial charge in [-0.15, -0.1) is 0 Å². The summed E-state index contributed by atoms with van der Waals surface area (Å²) < 4.78 is 0. The lowest BCUT2D eigenvalue weighted by Gasteiger charge is -2.23. The molecule has 0 fully saturated rings. The molecular formula is C17H18N2O. The van der Waals surface area contributed by atoms with E-state index in [1.165, 1.54) is 11.1 Å². The molecule has 0 aliphatic carbocycles. The van der Waals surface area contributed by atoms with Gasteiger partial charge < -0.3 is 5.32 Å². The third-order valence-corrected chi connectivity index (χ3v) is 3.82. The van der Waals surface area contributed by atoms with E-state index in [0.29, 0.717) is 6.54 Å². The molecule has 3 nitrogen and oxygen atoms in total. The Hall–Kier alpha value is -2.13. The van der Waals surface area contributed by atoms with E-state index in [0.717, 1.165) is 23.5 Å². The SMILES string of the molecule is Cc1ccc(N2C(=O)CNCc3ccccc32)cc1C. The van der Waals surface area contributed by atoms with Crippen LogP contribution in [0.3, 0.4) is 0 Å². The largest absolute Gasteiger partial charge is 0.304 e. The molecule has 1 N–H and O–H groups in total. The fourth-order valence-electron chi connectivity index (χ4n) is 2.54. The topological polar surface area (TPSA) is 32.3 Å². The molecule has 3 rings (SSSR count). The molecule has 0 saturated heterocycles. The summed E-state index contributed by atoms with van der Waals surface area (Å²) in [7, 11) is 0. The van der Waals surface area contributed by atoms with Gasteiger partial charge in [-0.05, 0) is 48.7 Å². The van der Waals surface area contributed by atoms with Gasteiger partial charge in [0, 0.05) is 12.2 Å². The molecule has 0 atom stereocenters. The molecule has 0 unspecified atom stereocenters. The van der Waals surface area contributed by atoms with Gasteiger partial charge in [-0.25, -0.2) is 0 Å². The lowest BCUT2D eigenvalue weighted by molar-refractivity contribution is -0.117. The van der Waals surface area contributed by atoms with Gasteiger partial charge >= 0.3 is 0 Å². The smallest absolute Gasteiger partial charge is 0.245 e. The second kappa shape index (κ2) is 5.10. The minimum atomic E-state index is 0.0817. The maximum atomic E-state index is 12.4. The average molecular weight is 266 g/mol. The Labute approximate surface area is 119 Å². The molecule has 102 valence electrons. The minimum absolute atomic E-state index is 0.0817. The lowest BCUT2D eigenvalue weighted by Crippen LogP contribution is -2.31. The molecule has 0 radical (unpaired) electrons. The molecule has 1 aliphatic heterocycles. The second-order valence-corrected chi connectivity index (χ2v) is 5.23. The van der Waals surface area contributed by atoms with Gasteiger partial charge in [0.1, 0.15) is 0 Å². The standard InChI is InChI=1S/C17H18N2O/c1-12-7-8-15(9-13(12)2)19-16-6-4-3-5-14(16)10-18-11-17(19)20/h3-9,18H,10-11H2,1-2H3. The van der Waals surface area contributed by atoms with Crippen LogP contribution < -0.4 is 10.2 Å². The first kappa shape index (κ1) is 12.9. The summed E-state index contributed by atoms with van der Waals surface area (Å²) in [6, 6.07) is 14.2. The summed E-state index contributed by atoms with van der Waals surface area (Å²) in [6.45, 7) is 5.25. The number of hydrogen-bond donors (Lipinski definition) is 1. The highest BCUT2D eigenvalue weighted by molar-refractivity contribution is 6.03. The normalized spacial score (nSPS) is 14.9. The van der Waals surface area contributed by atoms with Gasteiger partial charge in [-0.3, -0.25) is 9.69 Å². The summed E-state index contributed by atoms with van der Waals surface area (Å²) >= 11 is 0. The predicted octanol–water partition coefficient (Wildman–Crippen LogP) is 3.07. The molecule has 1 aliphatic rings. The van der Waals surface area contributed by atoms with Crippen LogP contribution in [0.1, 0.15) is 16.7 Å². The number of benzene rings is 2. The predicted molar refractivity (Wildman–Crippen MR) is 81.2 cm³/mol. The quantitative estimate of drug-likeness (QED) is 0.860. The Balaban J connectivity index is 2.14. The molecule has 3 heteroatoms. The van der Waals surface area contributed by atoms with Crippen molar-refractivity contribution in [2.75, 3.05) is 11.4 Å². The van der Waals surface area contributed by atoms with Crippen molar-refractivity contribution in [1.82, 2.24) is 5.32 Å². The number of para-hydroxylation sites is 1. The van der Waals surface area contributed by atoms with Crippen molar-refractivity contribution in [3.05, 3.63) is 59.2 Å². The van der Waals surface area contributed by atoms with Crippen molar-refractivity contribution >= 4 is 17.3 Å². The third kappa shape index (κ3) is 2.21. The van der Waals surface area contributed by atoms with Crippen LogP contribution in [0.4, 0.5) is 11.4 Å². The number of aryl methyl sites for hydroxylation is 2. The highest BCUT2D eigenvalue weighted by Crippen LogP contribution is 2.31. The van der Waals surface area contributed by atoms with Crippen molar-refractivity contribution in [3.63, 3.8) is 0 Å². The van der Waals surface area contributed by atoms with Crippen LogP contribution in [0.25, 0.3) is 0 Å². The average Bonchev–Trinajstić information content (AvgIpc) is 2.60. The summed E-state index contributed by atoms with van der Waals surface area (Å²) in [4.78, 5) is 14.3. The Morgan fingerprint density at radius 2 is 1.80 bits per heavy atom. The van der Waals surface area contributed by atoms with E-state index in [-0.39, 0.29) is 5.91 Å². The van der Waals surface area contributed by atoms with Gasteiger partial charge in [0.05, 0.1) is 12.2 Å². The van der Waals surface area contributed by atoms with E-state index >= 15 is 0 Å². The maximum absolute atomic E-state index is 12.4. The van der Waals surface area contributed by atoms with E-state index in [1.54, 1.807) is 0 Å². The molecule has 0 aromatic heterocycles. The highest BCUT2D eigenvalue weighted by atomic mass is 16.2. The van der Waals surface area contributed by atoms with Crippen LogP contribution >= 0.6 is 0 Å². The molecule has 2 aromatic carbocycles. The van der Waals surface area contributed by atoms with Gasteiger partial charge in [-0.2, -0.15) is 0 Å². The zero-order valence-electron chi connectivity index (χ0n) is 11.8. The van der Waals surface area contributed by atoms with Crippen LogP contribution in [-0.2, 0) is 11.3 Å². The Kier molecular flexibility index (Phi) is 3.28. The van der Waals surface area contributed by atoms with Crippen LogP contribution in [0, 0.1) is 13.8 Å². The van der Waals surface area contributed by atoms with E-state index in [4.69, 9.17) is 0 Å². The number of rotatable bonds is 1. The molecule has 1 amide bonds. The Morgan fingerprint density at radius 1 is 1.00 bits per heavy atom. The van der Waals surface area contributed by atoms with Gasteiger partial charge in [0.15, 0.2) is 0 Å². The molecule has 0 spiro atoms. The number of anilines is 2. The monoisotopic (exact) mass is 266 g/mol. The zero-order valence-corrected chi connectivity index (χ0v) is 11.8. The van der Waals surface area contributed by atoms with Crippen molar-refractivity contribution in [2.45, 2.75) is 20.4 Å². The zero-order chi connectivity index (χ0) is 14.1. The van der Waals surface area contributed by atoms with Gasteiger partial charge in [0.2, 0.25) is 5.91 Å². The molecule has 2 aromatic rings. The summed E-state index contributed by atoms with van der Waals surface area (Å²) in [6.07, 6.45) is 0. The number of carbonyl (C=O) groups excluding carboxylic acids is 1. The van der Waals surface area contributed by atoms with Gasteiger partial charge in [-0.1, -0.05) is 24.3 Å². The minimum Gasteiger partial charge on any atom is -0.304 e. The van der Waals surface area contributed by atoms with Crippen LogP contribution in [0.15, 0.2) is 42.5 Å². The van der Waals surface area contributed by atoms with E-state index in [1.807, 2.05) is 29.2 Å². The van der Waals surface area contributed by atoms with Crippen molar-refractivity contribution in [3.8, 4) is 0 Å². The fraction of sp³-hybridized carbons (Fsp3) is 0.235. The summed E-state index contributed by atoms with van der Waals surface area (Å²) in [5, 5.41) is 3.19. The first-order valence-electron chi connectivity index (χ1n) is 6.85. The van der Waals surface area contributed by atoms with E-state index in [2.05, 4.69) is 37.4 Å². The van der Waals surface area contributed by atoms with E-state index in [9.17, 15) is 4.79 Å². The number of nitrogens with zero attached hydrogens (tertiary/aromatic N) is 1. The fourth-order valence-corrected chi connectivity index (χ4v) is 2.54. The first-order valence-corrected chi connectivity index (χ1v) is 6.85. The van der Waals surface area contributed by atoms with Crippen LogP contribution in [0.5, 0.6) is 0 Å². The maximum Gasteiger partial charge on any atom is 0.245 e. The molecule has 0 saturated carbocycles. The molecule has 1 heterocycles. The lowest BCUT2D eigenvalue weighted by atomic mass is 10.1. The Bertz CT molecular complexity index is 664.